The van der Waals surface area contributed by atoms with Crippen LogP contribution in [0.25, 0.3) is 10.1 Å². The minimum absolute atomic E-state index is 0.190. The minimum Gasteiger partial charge on any atom is -0.345 e. The molecule has 1 amide bonds. The van der Waals surface area contributed by atoms with Crippen LogP contribution in [0.15, 0.2) is 47.4 Å². The van der Waals surface area contributed by atoms with Crippen molar-refractivity contribution in [3.8, 4) is 0 Å². The van der Waals surface area contributed by atoms with E-state index in [9.17, 15) is 17.6 Å². The Hall–Kier alpha value is -2.29. The predicted octanol–water partition coefficient (Wildman–Crippen LogP) is 4.09. The van der Waals surface area contributed by atoms with E-state index < -0.39 is 10.0 Å². The van der Waals surface area contributed by atoms with Gasteiger partial charge in [-0.3, -0.25) is 4.79 Å². The van der Waals surface area contributed by atoms with Gasteiger partial charge in [0, 0.05) is 24.2 Å². The molecule has 0 saturated carbocycles. The van der Waals surface area contributed by atoms with Crippen molar-refractivity contribution < 1.29 is 17.6 Å². The first kappa shape index (κ1) is 20.4. The molecule has 0 saturated heterocycles. The Bertz CT molecular complexity index is 1140. The number of thiophene rings is 1. The fourth-order valence-corrected chi connectivity index (χ4v) is 4.98. The summed E-state index contributed by atoms with van der Waals surface area (Å²) in [4.78, 5) is 13.4. The van der Waals surface area contributed by atoms with Crippen LogP contribution >= 0.6 is 11.3 Å². The molecule has 0 bridgehead atoms. The summed E-state index contributed by atoms with van der Waals surface area (Å²) in [6.07, 6.45) is 0. The number of carbonyl (C=O) groups is 1. The van der Waals surface area contributed by atoms with E-state index in [1.54, 1.807) is 31.2 Å². The second kappa shape index (κ2) is 7.62. The molecule has 0 fully saturated rings. The van der Waals surface area contributed by atoms with Gasteiger partial charge in [-0.1, -0.05) is 18.2 Å². The summed E-state index contributed by atoms with van der Waals surface area (Å²) >= 11 is 1.26. The van der Waals surface area contributed by atoms with Gasteiger partial charge in [-0.15, -0.1) is 11.3 Å². The third-order valence-electron chi connectivity index (χ3n) is 4.62. The molecule has 148 valence electrons. The molecule has 28 heavy (non-hydrogen) atoms. The fourth-order valence-electron chi connectivity index (χ4n) is 2.95. The molecule has 3 aromatic rings. The zero-order chi connectivity index (χ0) is 20.6. The van der Waals surface area contributed by atoms with E-state index in [1.807, 2.05) is 6.92 Å². The molecule has 0 spiro atoms. The zero-order valence-corrected chi connectivity index (χ0v) is 17.6. The second-order valence-electron chi connectivity index (χ2n) is 6.72. The van der Waals surface area contributed by atoms with Gasteiger partial charge in [0.1, 0.15) is 5.82 Å². The monoisotopic (exact) mass is 420 g/mol. The molecule has 0 aliphatic carbocycles. The number of halogens is 1. The first-order valence-electron chi connectivity index (χ1n) is 8.64. The van der Waals surface area contributed by atoms with Crippen LogP contribution in [0.1, 0.15) is 33.8 Å². The smallest absolute Gasteiger partial charge is 0.262 e. The van der Waals surface area contributed by atoms with Crippen molar-refractivity contribution in [1.29, 1.82) is 0 Å². The topological polar surface area (TPSA) is 66.5 Å². The lowest BCUT2D eigenvalue weighted by Gasteiger charge is -2.16. The molecular formula is C20H21FN2O3S2. The highest BCUT2D eigenvalue weighted by Crippen LogP contribution is 2.33. The summed E-state index contributed by atoms with van der Waals surface area (Å²) in [6.45, 7) is 3.55. The number of rotatable bonds is 5. The molecule has 0 radical (unpaired) electrons. The molecule has 5 nitrogen and oxygen atoms in total. The first-order chi connectivity index (χ1) is 13.1. The van der Waals surface area contributed by atoms with E-state index in [4.69, 9.17) is 0 Å². The average molecular weight is 421 g/mol. The van der Waals surface area contributed by atoms with Gasteiger partial charge >= 0.3 is 0 Å². The van der Waals surface area contributed by atoms with Gasteiger partial charge in [-0.05, 0) is 49.2 Å². The number of carbonyl (C=O) groups excluding carboxylic acids is 1. The number of aryl methyl sites for hydroxylation is 1. The van der Waals surface area contributed by atoms with Crippen molar-refractivity contribution in [2.24, 2.45) is 0 Å². The third kappa shape index (κ3) is 3.67. The van der Waals surface area contributed by atoms with Crippen molar-refractivity contribution >= 4 is 37.4 Å². The number of sulfonamides is 1. The molecule has 1 N–H and O–H groups in total. The predicted molar refractivity (Wildman–Crippen MR) is 110 cm³/mol. The number of fused-ring (bicyclic) bond motifs is 1. The number of benzene rings is 2. The third-order valence-corrected chi connectivity index (χ3v) is 7.70. The lowest BCUT2D eigenvalue weighted by molar-refractivity contribution is 0.0943. The normalized spacial score (nSPS) is 13.1. The maximum atomic E-state index is 14.1. The van der Waals surface area contributed by atoms with Gasteiger partial charge in [0.05, 0.1) is 15.8 Å². The maximum Gasteiger partial charge on any atom is 0.262 e. The zero-order valence-electron chi connectivity index (χ0n) is 16.0. The summed E-state index contributed by atoms with van der Waals surface area (Å²) in [5.74, 6) is -0.619. The molecule has 1 aromatic heterocycles. The molecule has 1 heterocycles. The summed E-state index contributed by atoms with van der Waals surface area (Å²) in [5.41, 5.74) is 1.39. The number of amides is 1. The van der Waals surface area contributed by atoms with Crippen molar-refractivity contribution in [3.63, 3.8) is 0 Å². The second-order valence-corrected chi connectivity index (χ2v) is 9.92. The van der Waals surface area contributed by atoms with E-state index in [1.165, 1.54) is 43.6 Å². The van der Waals surface area contributed by atoms with Crippen LogP contribution in [-0.2, 0) is 10.0 Å². The molecule has 2 aromatic carbocycles. The van der Waals surface area contributed by atoms with E-state index in [2.05, 4.69) is 5.32 Å². The number of nitrogens with zero attached hydrogens (tertiary/aromatic N) is 1. The minimum atomic E-state index is -3.50. The van der Waals surface area contributed by atoms with Crippen molar-refractivity contribution in [2.75, 3.05) is 14.1 Å². The van der Waals surface area contributed by atoms with Crippen LogP contribution < -0.4 is 5.32 Å². The van der Waals surface area contributed by atoms with E-state index >= 15 is 0 Å². The van der Waals surface area contributed by atoms with E-state index in [0.717, 1.165) is 14.6 Å². The van der Waals surface area contributed by atoms with Gasteiger partial charge in [0.2, 0.25) is 10.0 Å². The van der Waals surface area contributed by atoms with E-state index in [0.29, 0.717) is 15.8 Å². The van der Waals surface area contributed by atoms with Gasteiger partial charge in [-0.2, -0.15) is 0 Å². The summed E-state index contributed by atoms with van der Waals surface area (Å²) in [6, 6.07) is 10.9. The average Bonchev–Trinajstić information content (AvgIpc) is 2.99. The Balaban J connectivity index is 1.82. The highest BCUT2D eigenvalue weighted by molar-refractivity contribution is 7.89. The van der Waals surface area contributed by atoms with Crippen molar-refractivity contribution in [1.82, 2.24) is 9.62 Å². The van der Waals surface area contributed by atoms with Gasteiger partial charge in [0.15, 0.2) is 0 Å². The Labute approximate surface area is 167 Å². The fraction of sp³-hybridized carbons (Fsp3) is 0.250. The lowest BCUT2D eigenvalue weighted by atomic mass is 10.1. The molecule has 8 heteroatoms. The first-order valence-corrected chi connectivity index (χ1v) is 10.9. The largest absolute Gasteiger partial charge is 0.345 e. The summed E-state index contributed by atoms with van der Waals surface area (Å²) < 4.78 is 40.3. The Kier molecular flexibility index (Phi) is 5.56. The highest BCUT2D eigenvalue weighted by Gasteiger charge is 2.21. The van der Waals surface area contributed by atoms with Crippen LogP contribution in [0.2, 0.25) is 0 Å². The number of hydrogen-bond donors (Lipinski definition) is 1. The standard InChI is InChI=1S/C20H21FN2O3S2/c1-12-18-16(21)6-5-7-17(18)27-19(12)20(24)22-13(2)14-8-10-15(11-9-14)28(25,26)23(3)4/h5-11,13H,1-4H3,(H,22,24). The highest BCUT2D eigenvalue weighted by atomic mass is 32.2. The molecule has 1 unspecified atom stereocenters. The van der Waals surface area contributed by atoms with Crippen LogP contribution in [0.5, 0.6) is 0 Å². The summed E-state index contributed by atoms with van der Waals surface area (Å²) in [7, 11) is -0.549. The molecule has 1 atom stereocenters. The number of nitrogens with one attached hydrogen (secondary N) is 1. The van der Waals surface area contributed by atoms with Crippen LogP contribution in [-0.4, -0.2) is 32.7 Å². The Morgan fingerprint density at radius 2 is 1.79 bits per heavy atom. The molecule has 0 aliphatic rings. The van der Waals surface area contributed by atoms with Gasteiger partial charge in [0.25, 0.3) is 5.91 Å². The molecular weight excluding hydrogens is 399 g/mol. The Morgan fingerprint density at radius 1 is 1.14 bits per heavy atom. The summed E-state index contributed by atoms with van der Waals surface area (Å²) in [5, 5.41) is 3.38. The van der Waals surface area contributed by atoms with Gasteiger partial charge < -0.3 is 5.32 Å². The SMILES string of the molecule is Cc1c(C(=O)NC(C)c2ccc(S(=O)(=O)N(C)C)cc2)sc2cccc(F)c12. The van der Waals surface area contributed by atoms with Gasteiger partial charge in [-0.25, -0.2) is 17.1 Å². The number of hydrogen-bond acceptors (Lipinski definition) is 4. The van der Waals surface area contributed by atoms with Crippen LogP contribution in [0.4, 0.5) is 4.39 Å². The van der Waals surface area contributed by atoms with E-state index in [-0.39, 0.29) is 22.7 Å². The Morgan fingerprint density at radius 3 is 2.36 bits per heavy atom. The van der Waals surface area contributed by atoms with Crippen LogP contribution in [0, 0.1) is 12.7 Å². The van der Waals surface area contributed by atoms with Crippen LogP contribution in [0.3, 0.4) is 0 Å². The maximum absolute atomic E-state index is 14.1. The molecule has 0 aliphatic heterocycles. The molecule has 3 rings (SSSR count). The van der Waals surface area contributed by atoms with Crippen molar-refractivity contribution in [3.05, 3.63) is 64.3 Å². The quantitative estimate of drug-likeness (QED) is 0.676. The van der Waals surface area contributed by atoms with Crippen molar-refractivity contribution in [2.45, 2.75) is 24.8 Å². The lowest BCUT2D eigenvalue weighted by Crippen LogP contribution is -2.26.